The van der Waals surface area contributed by atoms with Gasteiger partial charge in [0.2, 0.25) is 0 Å². The Morgan fingerprint density at radius 1 is 1.17 bits per heavy atom. The predicted molar refractivity (Wildman–Crippen MR) is 96.4 cm³/mol. The van der Waals surface area contributed by atoms with Crippen LogP contribution in [-0.4, -0.2) is 37.1 Å². The van der Waals surface area contributed by atoms with Gasteiger partial charge in [-0.3, -0.25) is 4.79 Å². The molecule has 0 fully saturated rings. The van der Waals surface area contributed by atoms with E-state index in [9.17, 15) is 4.79 Å². The van der Waals surface area contributed by atoms with E-state index in [-0.39, 0.29) is 5.91 Å². The Kier molecular flexibility index (Phi) is 4.66. The summed E-state index contributed by atoms with van der Waals surface area (Å²) >= 11 is 1.55. The van der Waals surface area contributed by atoms with Crippen molar-refractivity contribution in [1.82, 2.24) is 10.1 Å². The van der Waals surface area contributed by atoms with Crippen molar-refractivity contribution in [2.45, 2.75) is 6.54 Å². The van der Waals surface area contributed by atoms with E-state index in [1.54, 1.807) is 29.4 Å². The first-order valence-electron chi connectivity index (χ1n) is 7.57. The number of amides is 1. The predicted octanol–water partition coefficient (Wildman–Crippen LogP) is 3.74. The van der Waals surface area contributed by atoms with E-state index in [1.807, 2.05) is 60.8 Å². The number of hydrogen-bond donors (Lipinski definition) is 0. The zero-order valence-electron chi connectivity index (χ0n) is 13.9. The molecule has 0 spiro atoms. The van der Waals surface area contributed by atoms with E-state index in [0.717, 1.165) is 16.1 Å². The molecule has 0 atom stereocenters. The summed E-state index contributed by atoms with van der Waals surface area (Å²) in [4.78, 5) is 17.1. The van der Waals surface area contributed by atoms with Gasteiger partial charge in [-0.05, 0) is 29.1 Å². The van der Waals surface area contributed by atoms with Gasteiger partial charge in [0.05, 0.1) is 4.88 Å². The van der Waals surface area contributed by atoms with Gasteiger partial charge >= 0.3 is 0 Å². The average Bonchev–Trinajstić information content (AvgIpc) is 3.25. The Morgan fingerprint density at radius 3 is 2.54 bits per heavy atom. The summed E-state index contributed by atoms with van der Waals surface area (Å²) in [6, 6.07) is 13.7. The summed E-state index contributed by atoms with van der Waals surface area (Å²) in [6.45, 7) is 0.522. The maximum absolute atomic E-state index is 12.5. The molecule has 124 valence electrons. The summed E-state index contributed by atoms with van der Waals surface area (Å²) < 4.78 is 5.28. The third-order valence-corrected chi connectivity index (χ3v) is 4.60. The van der Waals surface area contributed by atoms with Gasteiger partial charge in [0.25, 0.3) is 5.91 Å². The number of thiophene rings is 1. The molecule has 0 saturated heterocycles. The zero-order chi connectivity index (χ0) is 17.1. The van der Waals surface area contributed by atoms with Gasteiger partial charge in [-0.2, -0.15) is 0 Å². The molecule has 0 radical (unpaired) electrons. The largest absolute Gasteiger partial charge is 0.378 e. The number of rotatable bonds is 5. The lowest BCUT2D eigenvalue weighted by Crippen LogP contribution is -2.26. The number of hydrogen-bond acceptors (Lipinski definition) is 5. The highest BCUT2D eigenvalue weighted by molar-refractivity contribution is 7.13. The fourth-order valence-electron chi connectivity index (χ4n) is 2.35. The van der Waals surface area contributed by atoms with E-state index in [0.29, 0.717) is 18.0 Å². The average molecular weight is 341 g/mol. The zero-order valence-corrected chi connectivity index (χ0v) is 14.7. The third kappa shape index (κ3) is 3.49. The third-order valence-electron chi connectivity index (χ3n) is 3.71. The summed E-state index contributed by atoms with van der Waals surface area (Å²) in [6.07, 6.45) is 0. The monoisotopic (exact) mass is 341 g/mol. The molecule has 0 aliphatic carbocycles. The molecular weight excluding hydrogens is 322 g/mol. The lowest BCUT2D eigenvalue weighted by Gasteiger charge is -2.17. The van der Waals surface area contributed by atoms with Gasteiger partial charge < -0.3 is 14.3 Å². The highest BCUT2D eigenvalue weighted by Crippen LogP contribution is 2.25. The minimum absolute atomic E-state index is 0.154. The Morgan fingerprint density at radius 2 is 1.92 bits per heavy atom. The number of nitrogens with zero attached hydrogens (tertiary/aromatic N) is 3. The summed E-state index contributed by atoms with van der Waals surface area (Å²) in [5.74, 6) is 0.468. The highest BCUT2D eigenvalue weighted by Gasteiger charge is 2.18. The number of benzene rings is 1. The molecule has 6 heteroatoms. The topological polar surface area (TPSA) is 49.6 Å². The van der Waals surface area contributed by atoms with Crippen molar-refractivity contribution in [2.24, 2.45) is 0 Å². The van der Waals surface area contributed by atoms with E-state index in [1.165, 1.54) is 0 Å². The first-order chi connectivity index (χ1) is 11.5. The minimum Gasteiger partial charge on any atom is -0.378 e. The quantitative estimate of drug-likeness (QED) is 0.709. The van der Waals surface area contributed by atoms with Crippen LogP contribution in [-0.2, 0) is 6.54 Å². The first-order valence-corrected chi connectivity index (χ1v) is 8.45. The Labute approximate surface area is 145 Å². The van der Waals surface area contributed by atoms with Gasteiger partial charge in [-0.25, -0.2) is 0 Å². The normalized spacial score (nSPS) is 10.6. The summed E-state index contributed by atoms with van der Waals surface area (Å²) in [5.41, 5.74) is 2.52. The van der Waals surface area contributed by atoms with Crippen LogP contribution in [0.2, 0.25) is 0 Å². The van der Waals surface area contributed by atoms with Crippen molar-refractivity contribution >= 4 is 22.9 Å². The Balaban J connectivity index is 1.68. The fourth-order valence-corrected chi connectivity index (χ4v) is 3.02. The number of aromatic nitrogens is 1. The SMILES string of the molecule is CN(Cc1ccc(N(C)C)cc1)C(=O)c1cc(-c2cccs2)on1. The molecule has 2 heterocycles. The second-order valence-electron chi connectivity index (χ2n) is 5.78. The van der Waals surface area contributed by atoms with Gasteiger partial charge in [0.1, 0.15) is 0 Å². The molecule has 0 aliphatic heterocycles. The molecule has 1 aromatic carbocycles. The van der Waals surface area contributed by atoms with Crippen LogP contribution in [0.25, 0.3) is 10.6 Å². The number of anilines is 1. The molecule has 0 saturated carbocycles. The van der Waals surface area contributed by atoms with Crippen LogP contribution in [0.4, 0.5) is 5.69 Å². The molecule has 5 nitrogen and oxygen atoms in total. The Hall–Kier alpha value is -2.60. The van der Waals surface area contributed by atoms with Crippen LogP contribution in [0.1, 0.15) is 16.1 Å². The second-order valence-corrected chi connectivity index (χ2v) is 6.72. The fraction of sp³-hybridized carbons (Fsp3) is 0.222. The molecule has 1 amide bonds. The standard InChI is InChI=1S/C18H19N3O2S/c1-20(2)14-8-6-13(7-9-14)12-21(3)18(22)15-11-16(23-19-15)17-5-4-10-24-17/h4-11H,12H2,1-3H3. The maximum atomic E-state index is 12.5. The van der Waals surface area contributed by atoms with Gasteiger partial charge in [0, 0.05) is 39.4 Å². The molecule has 0 unspecified atom stereocenters. The van der Waals surface area contributed by atoms with E-state index in [4.69, 9.17) is 4.52 Å². The van der Waals surface area contributed by atoms with Crippen LogP contribution in [0.5, 0.6) is 0 Å². The molecule has 24 heavy (non-hydrogen) atoms. The molecule has 0 aliphatic rings. The number of carbonyl (C=O) groups is 1. The molecule has 0 N–H and O–H groups in total. The summed E-state index contributed by atoms with van der Waals surface area (Å²) in [7, 11) is 5.77. The number of carbonyl (C=O) groups excluding carboxylic acids is 1. The van der Waals surface area contributed by atoms with Gasteiger partial charge in [0.15, 0.2) is 11.5 Å². The molecule has 2 aromatic heterocycles. The molecule has 3 aromatic rings. The van der Waals surface area contributed by atoms with Crippen molar-refractivity contribution in [3.05, 3.63) is 59.1 Å². The van der Waals surface area contributed by atoms with E-state index in [2.05, 4.69) is 5.16 Å². The van der Waals surface area contributed by atoms with E-state index >= 15 is 0 Å². The highest BCUT2D eigenvalue weighted by atomic mass is 32.1. The lowest BCUT2D eigenvalue weighted by atomic mass is 10.2. The molecular formula is C18H19N3O2S. The van der Waals surface area contributed by atoms with Crippen LogP contribution in [0.15, 0.2) is 52.4 Å². The van der Waals surface area contributed by atoms with Crippen molar-refractivity contribution in [2.75, 3.05) is 26.0 Å². The molecule has 0 bridgehead atoms. The Bertz CT molecular complexity index is 807. The molecule has 3 rings (SSSR count). The van der Waals surface area contributed by atoms with Crippen LogP contribution in [0, 0.1) is 0 Å². The van der Waals surface area contributed by atoms with Crippen LogP contribution >= 0.6 is 11.3 Å². The lowest BCUT2D eigenvalue weighted by molar-refractivity contribution is 0.0775. The maximum Gasteiger partial charge on any atom is 0.276 e. The van der Waals surface area contributed by atoms with Gasteiger partial charge in [-0.1, -0.05) is 23.4 Å². The second kappa shape index (κ2) is 6.88. The summed E-state index contributed by atoms with van der Waals surface area (Å²) in [5, 5.41) is 5.87. The smallest absolute Gasteiger partial charge is 0.276 e. The first kappa shape index (κ1) is 16.3. The van der Waals surface area contributed by atoms with Crippen molar-refractivity contribution < 1.29 is 9.32 Å². The van der Waals surface area contributed by atoms with Crippen LogP contribution < -0.4 is 4.90 Å². The van der Waals surface area contributed by atoms with Crippen molar-refractivity contribution in [3.8, 4) is 10.6 Å². The van der Waals surface area contributed by atoms with Crippen molar-refractivity contribution in [3.63, 3.8) is 0 Å². The van der Waals surface area contributed by atoms with Crippen LogP contribution in [0.3, 0.4) is 0 Å². The van der Waals surface area contributed by atoms with E-state index < -0.39 is 0 Å². The van der Waals surface area contributed by atoms with Crippen molar-refractivity contribution in [1.29, 1.82) is 0 Å². The van der Waals surface area contributed by atoms with Gasteiger partial charge in [-0.15, -0.1) is 11.3 Å². The minimum atomic E-state index is -0.154.